The number of aromatic nitrogens is 3. The van der Waals surface area contributed by atoms with Crippen molar-refractivity contribution in [2.45, 2.75) is 19.4 Å². The number of sulfone groups is 1. The number of methoxy groups -OCH3 is 2. The Morgan fingerprint density at radius 2 is 1.89 bits per heavy atom. The van der Waals surface area contributed by atoms with Crippen molar-refractivity contribution in [1.82, 2.24) is 14.8 Å². The highest BCUT2D eigenvalue weighted by atomic mass is 79.9. The smallest absolute Gasteiger partial charge is 0.256 e. The number of benzene rings is 2. The van der Waals surface area contributed by atoms with Gasteiger partial charge in [0.05, 0.1) is 54.1 Å². The van der Waals surface area contributed by atoms with Crippen molar-refractivity contribution >= 4 is 48.4 Å². The van der Waals surface area contributed by atoms with Crippen LogP contribution in [0.3, 0.4) is 0 Å². The fourth-order valence-electron chi connectivity index (χ4n) is 4.62. The Morgan fingerprint density at radius 1 is 1.11 bits per heavy atom. The zero-order valence-corrected chi connectivity index (χ0v) is 22.9. The molecule has 0 radical (unpaired) electrons. The van der Waals surface area contributed by atoms with Gasteiger partial charge in [-0.3, -0.25) is 4.79 Å². The molecular weight excluding hydrogens is 560 g/mol. The predicted molar refractivity (Wildman–Crippen MR) is 145 cm³/mol. The summed E-state index contributed by atoms with van der Waals surface area (Å²) in [5, 5.41) is 8.19. The number of amides is 1. The number of halogens is 1. The summed E-state index contributed by atoms with van der Waals surface area (Å²) in [6, 6.07) is 14.1. The monoisotopic (exact) mass is 584 g/mol. The molecular formula is C26H25BrN4O5S. The lowest BCUT2D eigenvalue weighted by Gasteiger charge is -2.14. The van der Waals surface area contributed by atoms with Gasteiger partial charge in [0, 0.05) is 15.7 Å². The summed E-state index contributed by atoms with van der Waals surface area (Å²) in [5.41, 5.74) is 3.31. The lowest BCUT2D eigenvalue weighted by Crippen LogP contribution is -2.15. The van der Waals surface area contributed by atoms with Gasteiger partial charge in [-0.2, -0.15) is 5.10 Å². The second-order valence-electron chi connectivity index (χ2n) is 8.87. The average molecular weight is 585 g/mol. The van der Waals surface area contributed by atoms with E-state index in [0.717, 1.165) is 4.47 Å². The van der Waals surface area contributed by atoms with Crippen LogP contribution in [0.1, 0.15) is 28.5 Å². The number of fused-ring (bicyclic) bond motifs is 1. The molecule has 1 atom stereocenters. The third kappa shape index (κ3) is 4.93. The minimum atomic E-state index is -3.16. The number of anilines is 1. The van der Waals surface area contributed by atoms with Crippen LogP contribution in [0.4, 0.5) is 5.69 Å². The van der Waals surface area contributed by atoms with Crippen molar-refractivity contribution in [3.63, 3.8) is 0 Å². The molecule has 1 unspecified atom stereocenters. The maximum atomic E-state index is 13.6. The van der Waals surface area contributed by atoms with Gasteiger partial charge in [-0.05, 0) is 55.8 Å². The minimum absolute atomic E-state index is 0.00887. The van der Waals surface area contributed by atoms with Gasteiger partial charge in [0.1, 0.15) is 0 Å². The van der Waals surface area contributed by atoms with Crippen molar-refractivity contribution in [3.05, 3.63) is 64.3 Å². The number of hydrogen-bond acceptors (Lipinski definition) is 7. The first kappa shape index (κ1) is 25.2. The third-order valence-electron chi connectivity index (χ3n) is 6.40. The minimum Gasteiger partial charge on any atom is -0.493 e. The number of carbonyl (C=O) groups is 1. The Balaban J connectivity index is 1.69. The van der Waals surface area contributed by atoms with Crippen LogP contribution in [0.2, 0.25) is 0 Å². The van der Waals surface area contributed by atoms with Gasteiger partial charge in [-0.1, -0.05) is 22.0 Å². The average Bonchev–Trinajstić information content (AvgIpc) is 3.41. The Morgan fingerprint density at radius 3 is 2.57 bits per heavy atom. The summed E-state index contributed by atoms with van der Waals surface area (Å²) in [7, 11) is -0.0476. The normalized spacial score (nSPS) is 16.6. The summed E-state index contributed by atoms with van der Waals surface area (Å²) in [4.78, 5) is 18.5. The van der Waals surface area contributed by atoms with Crippen LogP contribution in [-0.4, -0.2) is 54.8 Å². The van der Waals surface area contributed by atoms with E-state index in [1.165, 1.54) is 0 Å². The van der Waals surface area contributed by atoms with E-state index in [9.17, 15) is 13.2 Å². The Labute approximate surface area is 222 Å². The van der Waals surface area contributed by atoms with E-state index in [2.05, 4.69) is 26.3 Å². The molecule has 2 aromatic heterocycles. The van der Waals surface area contributed by atoms with E-state index in [0.29, 0.717) is 57.2 Å². The standard InChI is InChI=1S/C26H25BrN4O5S/c1-15-24-20(26(32)28-18-6-4-5-17(27)12-18)13-21(16-7-8-22(35-2)23(11-16)36-3)29-25(24)31(30-15)19-9-10-37(33,34)14-19/h4-8,11-13,19H,9-10,14H2,1-3H3,(H,28,32). The maximum Gasteiger partial charge on any atom is 0.256 e. The molecule has 2 aromatic carbocycles. The van der Waals surface area contributed by atoms with E-state index in [4.69, 9.17) is 14.5 Å². The van der Waals surface area contributed by atoms with E-state index < -0.39 is 9.84 Å². The van der Waals surface area contributed by atoms with Gasteiger partial charge in [0.25, 0.3) is 5.91 Å². The van der Waals surface area contributed by atoms with Crippen LogP contribution in [0.15, 0.2) is 53.0 Å². The Kier molecular flexibility index (Phi) is 6.67. The van der Waals surface area contributed by atoms with E-state index >= 15 is 0 Å². The molecule has 5 rings (SSSR count). The number of ether oxygens (including phenoxy) is 2. The summed E-state index contributed by atoms with van der Waals surface area (Å²) in [6.45, 7) is 1.80. The predicted octanol–water partition coefficient (Wildman–Crippen LogP) is 4.80. The molecule has 0 aliphatic carbocycles. The Bertz CT molecular complexity index is 1630. The third-order valence-corrected chi connectivity index (χ3v) is 8.64. The van der Waals surface area contributed by atoms with Crippen molar-refractivity contribution < 1.29 is 22.7 Å². The zero-order chi connectivity index (χ0) is 26.3. The number of nitrogens with one attached hydrogen (secondary N) is 1. The molecule has 4 aromatic rings. The molecule has 37 heavy (non-hydrogen) atoms. The van der Waals surface area contributed by atoms with Gasteiger partial charge < -0.3 is 14.8 Å². The van der Waals surface area contributed by atoms with Crippen LogP contribution >= 0.6 is 15.9 Å². The number of rotatable bonds is 6. The highest BCUT2D eigenvalue weighted by Crippen LogP contribution is 2.35. The lowest BCUT2D eigenvalue weighted by atomic mass is 10.0. The van der Waals surface area contributed by atoms with Crippen molar-refractivity contribution in [1.29, 1.82) is 0 Å². The molecule has 9 nitrogen and oxygen atoms in total. The van der Waals surface area contributed by atoms with Gasteiger partial charge in [-0.15, -0.1) is 0 Å². The molecule has 1 saturated heterocycles. The fourth-order valence-corrected chi connectivity index (χ4v) is 6.71. The van der Waals surface area contributed by atoms with Crippen molar-refractivity contribution in [2.24, 2.45) is 0 Å². The van der Waals surface area contributed by atoms with E-state index in [1.54, 1.807) is 50.1 Å². The number of aryl methyl sites for hydroxylation is 1. The molecule has 1 amide bonds. The second-order valence-corrected chi connectivity index (χ2v) is 12.0. The lowest BCUT2D eigenvalue weighted by molar-refractivity contribution is 0.102. The number of carbonyl (C=O) groups excluding carboxylic acids is 1. The molecule has 11 heteroatoms. The SMILES string of the molecule is COc1ccc(-c2cc(C(=O)Nc3cccc(Br)c3)c3c(C)nn(C4CCS(=O)(=O)C4)c3n2)cc1OC. The van der Waals surface area contributed by atoms with Crippen LogP contribution < -0.4 is 14.8 Å². The number of pyridine rings is 1. The topological polar surface area (TPSA) is 112 Å². The van der Waals surface area contributed by atoms with E-state index in [1.807, 2.05) is 24.3 Å². The van der Waals surface area contributed by atoms with Crippen LogP contribution in [0.5, 0.6) is 11.5 Å². The van der Waals surface area contributed by atoms with Gasteiger partial charge in [-0.25, -0.2) is 18.1 Å². The summed E-state index contributed by atoms with van der Waals surface area (Å²) >= 11 is 3.43. The molecule has 1 N–H and O–H groups in total. The molecule has 0 bridgehead atoms. The maximum absolute atomic E-state index is 13.6. The molecule has 1 fully saturated rings. The molecule has 0 spiro atoms. The highest BCUT2D eigenvalue weighted by molar-refractivity contribution is 9.10. The van der Waals surface area contributed by atoms with Crippen LogP contribution in [0, 0.1) is 6.92 Å². The zero-order valence-electron chi connectivity index (χ0n) is 20.5. The number of nitrogens with zero attached hydrogens (tertiary/aromatic N) is 3. The van der Waals surface area contributed by atoms with Crippen molar-refractivity contribution in [3.8, 4) is 22.8 Å². The molecule has 1 aliphatic heterocycles. The van der Waals surface area contributed by atoms with Gasteiger partial charge in [0.15, 0.2) is 27.0 Å². The first-order valence-corrected chi connectivity index (χ1v) is 14.2. The van der Waals surface area contributed by atoms with Crippen molar-refractivity contribution in [2.75, 3.05) is 31.0 Å². The van der Waals surface area contributed by atoms with Gasteiger partial charge in [0.2, 0.25) is 0 Å². The largest absolute Gasteiger partial charge is 0.493 e. The van der Waals surface area contributed by atoms with E-state index in [-0.39, 0.29) is 23.5 Å². The second kappa shape index (κ2) is 9.79. The summed E-state index contributed by atoms with van der Waals surface area (Å²) in [6.07, 6.45) is 0.445. The van der Waals surface area contributed by atoms with Crippen LogP contribution in [0.25, 0.3) is 22.3 Å². The first-order chi connectivity index (χ1) is 17.7. The molecule has 3 heterocycles. The summed E-state index contributed by atoms with van der Waals surface area (Å²) < 4.78 is 37.8. The Hall–Kier alpha value is -3.44. The summed E-state index contributed by atoms with van der Waals surface area (Å²) in [5.74, 6) is 0.855. The van der Waals surface area contributed by atoms with Gasteiger partial charge >= 0.3 is 0 Å². The van der Waals surface area contributed by atoms with Crippen LogP contribution in [-0.2, 0) is 9.84 Å². The molecule has 0 saturated carbocycles. The quantitative estimate of drug-likeness (QED) is 0.346. The molecule has 1 aliphatic rings. The molecule has 192 valence electrons. The first-order valence-electron chi connectivity index (χ1n) is 11.6. The highest BCUT2D eigenvalue weighted by Gasteiger charge is 2.32. The number of hydrogen-bond donors (Lipinski definition) is 1. The fraction of sp³-hybridized carbons (Fsp3) is 0.269.